The third-order valence-corrected chi connectivity index (χ3v) is 10.4. The Bertz CT molecular complexity index is 2310. The van der Waals surface area contributed by atoms with Gasteiger partial charge in [-0.2, -0.15) is 5.10 Å². The number of esters is 1. The van der Waals surface area contributed by atoms with Crippen LogP contribution >= 0.6 is 11.6 Å². The van der Waals surface area contributed by atoms with Crippen LogP contribution in [0.15, 0.2) is 116 Å². The highest BCUT2D eigenvalue weighted by atomic mass is 35.5. The molecule has 4 atom stereocenters. The highest BCUT2D eigenvalue weighted by Crippen LogP contribution is 2.48. The number of nitrogens with zero attached hydrogens (tertiary/aromatic N) is 6. The maximum absolute atomic E-state index is 15.6. The second kappa shape index (κ2) is 12.4. The van der Waals surface area contributed by atoms with Crippen LogP contribution in [-0.2, 0) is 19.8 Å². The average Bonchev–Trinajstić information content (AvgIpc) is 3.95. The fourth-order valence-corrected chi connectivity index (χ4v) is 8.31. The first kappa shape index (κ1) is 31.5. The topological polar surface area (TPSA) is 97.0 Å². The number of carbonyl (C=O) groups is 1. The number of rotatable bonds is 8. The summed E-state index contributed by atoms with van der Waals surface area (Å²) in [5.41, 5.74) is 3.22. The molecule has 9 rings (SSSR count). The van der Waals surface area contributed by atoms with Gasteiger partial charge in [-0.15, -0.1) is 0 Å². The number of pyridine rings is 1. The Balaban J connectivity index is 1.30. The lowest BCUT2D eigenvalue weighted by atomic mass is 9.77. The third-order valence-electron chi connectivity index (χ3n) is 10.2. The van der Waals surface area contributed by atoms with Crippen LogP contribution in [0.5, 0.6) is 0 Å². The Morgan fingerprint density at radius 1 is 0.882 bits per heavy atom. The summed E-state index contributed by atoms with van der Waals surface area (Å²) in [5, 5.41) is 6.59. The summed E-state index contributed by atoms with van der Waals surface area (Å²) in [4.78, 5) is 27.7. The van der Waals surface area contributed by atoms with E-state index in [1.54, 1.807) is 17.7 Å². The van der Waals surface area contributed by atoms with Crippen molar-refractivity contribution >= 4 is 39.6 Å². The number of carbonyl (C=O) groups excluding carboxylic acids is 1. The van der Waals surface area contributed by atoms with Gasteiger partial charge in [0, 0.05) is 18.6 Å². The lowest BCUT2D eigenvalue weighted by Gasteiger charge is -2.36. The lowest BCUT2D eigenvalue weighted by Crippen LogP contribution is -2.38. The molecule has 0 unspecified atom stereocenters. The Labute approximate surface area is 297 Å². The zero-order valence-electron chi connectivity index (χ0n) is 27.6. The lowest BCUT2D eigenvalue weighted by molar-refractivity contribution is -0.150. The molecular formula is C40H32ClFN6O3. The molecule has 9 nitrogen and oxygen atoms in total. The van der Waals surface area contributed by atoms with Crippen molar-refractivity contribution in [3.05, 3.63) is 143 Å². The van der Waals surface area contributed by atoms with Gasteiger partial charge in [0.05, 0.1) is 40.7 Å². The molecule has 51 heavy (non-hydrogen) atoms. The maximum atomic E-state index is 15.6. The van der Waals surface area contributed by atoms with Crippen LogP contribution in [0.4, 0.5) is 4.39 Å². The highest BCUT2D eigenvalue weighted by Gasteiger charge is 2.54. The van der Waals surface area contributed by atoms with Crippen molar-refractivity contribution in [2.45, 2.75) is 43.6 Å². The van der Waals surface area contributed by atoms with Gasteiger partial charge in [0.1, 0.15) is 22.8 Å². The van der Waals surface area contributed by atoms with Gasteiger partial charge in [0.15, 0.2) is 17.3 Å². The molecule has 0 N–H and O–H groups in total. The summed E-state index contributed by atoms with van der Waals surface area (Å²) in [6.07, 6.45) is 5.40. The smallest absolute Gasteiger partial charge is 0.313 e. The summed E-state index contributed by atoms with van der Waals surface area (Å²) in [6.45, 7) is 2.02. The molecule has 0 radical (unpaired) electrons. The Morgan fingerprint density at radius 2 is 1.51 bits per heavy atom. The molecule has 4 aromatic heterocycles. The molecule has 6 heterocycles. The molecule has 7 aromatic rings. The molecule has 0 saturated carbocycles. The second-order valence-electron chi connectivity index (χ2n) is 13.0. The minimum atomic E-state index is -0.981. The van der Waals surface area contributed by atoms with Crippen LogP contribution in [0.3, 0.4) is 0 Å². The molecule has 2 aliphatic heterocycles. The quantitative estimate of drug-likeness (QED) is 0.118. The molecular weight excluding hydrogens is 667 g/mol. The molecule has 3 aromatic carbocycles. The first-order valence-corrected chi connectivity index (χ1v) is 17.4. The van der Waals surface area contributed by atoms with Crippen molar-refractivity contribution in [1.29, 1.82) is 0 Å². The minimum absolute atomic E-state index is 0.233. The molecule has 0 amide bonds. The first-order valence-electron chi connectivity index (χ1n) is 17.1. The van der Waals surface area contributed by atoms with Crippen LogP contribution in [0.25, 0.3) is 33.6 Å². The van der Waals surface area contributed by atoms with Crippen molar-refractivity contribution in [3.8, 4) is 11.5 Å². The summed E-state index contributed by atoms with van der Waals surface area (Å²) < 4.78 is 30.9. The minimum Gasteiger partial charge on any atom is -0.466 e. The fraction of sp³-hybridized carbons (Fsp3) is 0.225. The van der Waals surface area contributed by atoms with Gasteiger partial charge >= 0.3 is 5.97 Å². The Hall–Kier alpha value is -5.45. The summed E-state index contributed by atoms with van der Waals surface area (Å²) in [7, 11) is 0. The monoisotopic (exact) mass is 698 g/mol. The predicted molar refractivity (Wildman–Crippen MR) is 191 cm³/mol. The van der Waals surface area contributed by atoms with E-state index in [0.29, 0.717) is 27.4 Å². The van der Waals surface area contributed by atoms with E-state index in [-0.39, 0.29) is 36.0 Å². The zero-order valence-corrected chi connectivity index (χ0v) is 28.3. The number of hydrogen-bond donors (Lipinski definition) is 0. The molecule has 254 valence electrons. The van der Waals surface area contributed by atoms with Crippen molar-refractivity contribution in [2.24, 2.45) is 5.92 Å². The second-order valence-corrected chi connectivity index (χ2v) is 13.4. The number of ether oxygens (including phenoxy) is 2. The van der Waals surface area contributed by atoms with Crippen LogP contribution < -0.4 is 0 Å². The summed E-state index contributed by atoms with van der Waals surface area (Å²) >= 11 is 6.62. The van der Waals surface area contributed by atoms with Gasteiger partial charge in [-0.05, 0) is 42.5 Å². The molecule has 2 fully saturated rings. The normalized spacial score (nSPS) is 20.0. The Kier molecular flexibility index (Phi) is 7.66. The number of fused-ring (bicyclic) bond motifs is 4. The van der Waals surface area contributed by atoms with E-state index >= 15 is 4.39 Å². The fourth-order valence-electron chi connectivity index (χ4n) is 8.15. The number of hydrogen-bond acceptors (Lipinski definition) is 7. The van der Waals surface area contributed by atoms with Crippen LogP contribution in [-0.4, -0.2) is 54.1 Å². The van der Waals surface area contributed by atoms with E-state index in [1.807, 2.05) is 65.3 Å². The van der Waals surface area contributed by atoms with E-state index in [4.69, 9.17) is 36.1 Å². The molecule has 0 spiro atoms. The largest absolute Gasteiger partial charge is 0.466 e. The van der Waals surface area contributed by atoms with Crippen molar-refractivity contribution in [2.75, 3.05) is 6.61 Å². The average molecular weight is 699 g/mol. The highest BCUT2D eigenvalue weighted by molar-refractivity contribution is 6.31. The maximum Gasteiger partial charge on any atom is 0.313 e. The van der Waals surface area contributed by atoms with E-state index in [1.165, 1.54) is 12.4 Å². The predicted octanol–water partition coefficient (Wildman–Crippen LogP) is 7.76. The summed E-state index contributed by atoms with van der Waals surface area (Å²) in [5.74, 6) is -1.16. The SMILES string of the molecule is CCOC(=O)[C@@H]1[C@@H](n2cc(F)c3cnc(-c4nn(C(c5ccccc5)(c5ccccc5)c5ccccc5)c5ncc(Cl)cc45)nc32)[C@H]2CC[C@@H]1O2. The van der Waals surface area contributed by atoms with Crippen LogP contribution in [0, 0.1) is 11.7 Å². The van der Waals surface area contributed by atoms with Crippen LogP contribution in [0.2, 0.25) is 5.02 Å². The molecule has 11 heteroatoms. The molecule has 2 bridgehead atoms. The van der Waals surface area contributed by atoms with E-state index in [0.717, 1.165) is 29.5 Å². The number of aromatic nitrogens is 6. The van der Waals surface area contributed by atoms with Gasteiger partial charge < -0.3 is 14.0 Å². The first-order chi connectivity index (χ1) is 25.0. The number of benzene rings is 3. The summed E-state index contributed by atoms with van der Waals surface area (Å²) in [6, 6.07) is 31.8. The van der Waals surface area contributed by atoms with E-state index in [2.05, 4.69) is 41.4 Å². The zero-order chi connectivity index (χ0) is 34.7. The third kappa shape index (κ3) is 4.88. The molecule has 0 aliphatic carbocycles. The van der Waals surface area contributed by atoms with Gasteiger partial charge in [-0.25, -0.2) is 24.0 Å². The van der Waals surface area contributed by atoms with Crippen molar-refractivity contribution in [1.82, 2.24) is 29.3 Å². The van der Waals surface area contributed by atoms with E-state index < -0.39 is 23.3 Å². The number of halogens is 2. The van der Waals surface area contributed by atoms with Gasteiger partial charge in [0.2, 0.25) is 0 Å². The van der Waals surface area contributed by atoms with Crippen LogP contribution in [0.1, 0.15) is 42.5 Å². The van der Waals surface area contributed by atoms with Crippen molar-refractivity contribution < 1.29 is 18.7 Å². The molecule has 2 saturated heterocycles. The van der Waals surface area contributed by atoms with Gasteiger partial charge in [-0.3, -0.25) is 4.79 Å². The molecule has 2 aliphatic rings. The standard InChI is InChI=1S/C40H32ClFN6O3/c1-2-50-39(49)33-31-18-19-32(51-31)35(33)47-23-30(42)29-22-43-36(45-38(29)47)34-28-20-27(41)21-44-37(28)48(46-34)40(24-12-6-3-7-13-24,25-14-8-4-9-15-25)26-16-10-5-11-17-26/h3-17,20-23,31-33,35H,2,18-19H2,1H3/t31-,32+,33-,35-/m0/s1. The van der Waals surface area contributed by atoms with Gasteiger partial charge in [0.25, 0.3) is 0 Å². The Morgan fingerprint density at radius 3 is 2.14 bits per heavy atom. The van der Waals surface area contributed by atoms with Gasteiger partial charge in [-0.1, -0.05) is 103 Å². The van der Waals surface area contributed by atoms with E-state index in [9.17, 15) is 4.79 Å². The van der Waals surface area contributed by atoms with Crippen molar-refractivity contribution in [3.63, 3.8) is 0 Å².